The molecular weight excluding hydrogens is 414 g/mol. The molecule has 174 valence electrons. The second-order valence-electron chi connectivity index (χ2n) is 8.83. The minimum absolute atomic E-state index is 0.0451. The first-order valence-corrected chi connectivity index (χ1v) is 11.7. The highest BCUT2D eigenvalue weighted by Gasteiger charge is 2.45. The second-order valence-corrected chi connectivity index (χ2v) is 8.83. The molecule has 1 aliphatic heterocycles. The minimum Gasteiger partial charge on any atom is -0.383 e. The van der Waals surface area contributed by atoms with E-state index < -0.39 is 12.0 Å². The van der Waals surface area contributed by atoms with Gasteiger partial charge in [-0.05, 0) is 24.1 Å². The molecule has 2 amide bonds. The maximum atomic E-state index is 14.0. The third-order valence-corrected chi connectivity index (χ3v) is 6.71. The first-order chi connectivity index (χ1) is 16.0. The molecule has 1 aromatic heterocycles. The molecule has 0 aliphatic carbocycles. The number of rotatable bonds is 8. The van der Waals surface area contributed by atoms with Crippen molar-refractivity contribution < 1.29 is 14.3 Å². The summed E-state index contributed by atoms with van der Waals surface area (Å²) in [4.78, 5) is 31.3. The van der Waals surface area contributed by atoms with E-state index in [4.69, 9.17) is 4.74 Å². The summed E-state index contributed by atoms with van der Waals surface area (Å²) < 4.78 is 7.44. The van der Waals surface area contributed by atoms with Gasteiger partial charge in [-0.1, -0.05) is 49.7 Å². The van der Waals surface area contributed by atoms with Crippen LogP contribution in [0.15, 0.2) is 54.7 Å². The zero-order chi connectivity index (χ0) is 23.5. The summed E-state index contributed by atoms with van der Waals surface area (Å²) in [6, 6.07) is 15.3. The molecule has 1 aliphatic rings. The summed E-state index contributed by atoms with van der Waals surface area (Å²) in [5.41, 5.74) is 3.49. The molecule has 3 aromatic rings. The Hall–Kier alpha value is -3.12. The van der Waals surface area contributed by atoms with Crippen LogP contribution in [0.4, 0.5) is 0 Å². The van der Waals surface area contributed by atoms with Crippen LogP contribution in [-0.4, -0.2) is 60.0 Å². The molecule has 0 saturated carbocycles. The number of aromatic nitrogens is 1. The van der Waals surface area contributed by atoms with Crippen molar-refractivity contribution in [3.63, 3.8) is 0 Å². The summed E-state index contributed by atoms with van der Waals surface area (Å²) in [7, 11) is 5.52. The van der Waals surface area contributed by atoms with Gasteiger partial charge in [0.15, 0.2) is 0 Å². The maximum absolute atomic E-state index is 14.0. The Labute approximate surface area is 195 Å². The summed E-state index contributed by atoms with van der Waals surface area (Å²) in [6.07, 6.45) is 4.04. The van der Waals surface area contributed by atoms with Crippen LogP contribution in [0.25, 0.3) is 10.9 Å². The highest BCUT2D eigenvalue weighted by Crippen LogP contribution is 2.45. The van der Waals surface area contributed by atoms with Gasteiger partial charge in [-0.2, -0.15) is 0 Å². The number of hydrogen-bond donors (Lipinski definition) is 0. The fourth-order valence-electron chi connectivity index (χ4n) is 4.99. The number of fused-ring (bicyclic) bond motifs is 2. The van der Waals surface area contributed by atoms with E-state index in [0.29, 0.717) is 25.3 Å². The van der Waals surface area contributed by atoms with Crippen LogP contribution >= 0.6 is 0 Å². The molecule has 2 unspecified atom stereocenters. The SMILES string of the molecule is CCCCN(C)C(=O)C1c2ccccc2C(=O)N(CCOC)C1c1cn(C)c2ccccc12. The average Bonchev–Trinajstić information content (AvgIpc) is 3.17. The molecule has 0 saturated heterocycles. The number of para-hydroxylation sites is 1. The standard InChI is InChI=1S/C27H33N3O3/c1-5-6-15-28(2)27(32)24-20-12-7-8-13-21(20)26(31)30(16-17-33-4)25(24)22-18-29(3)23-14-10-9-11-19(22)23/h7-14,18,24-25H,5-6,15-17H2,1-4H3. The van der Waals surface area contributed by atoms with Crippen LogP contribution in [0, 0.1) is 0 Å². The number of unbranched alkanes of at least 4 members (excludes halogenated alkanes) is 1. The van der Waals surface area contributed by atoms with Crippen molar-refractivity contribution in [1.82, 2.24) is 14.4 Å². The molecule has 0 bridgehead atoms. The number of carbonyl (C=O) groups excluding carboxylic acids is 2. The van der Waals surface area contributed by atoms with Gasteiger partial charge in [0.25, 0.3) is 5.91 Å². The number of hydrogen-bond acceptors (Lipinski definition) is 3. The Balaban J connectivity index is 1.92. The van der Waals surface area contributed by atoms with Crippen molar-refractivity contribution in [1.29, 1.82) is 0 Å². The van der Waals surface area contributed by atoms with E-state index in [1.807, 2.05) is 60.3 Å². The molecule has 2 heterocycles. The van der Waals surface area contributed by atoms with Crippen molar-refractivity contribution in [3.05, 3.63) is 71.4 Å². The molecule has 0 spiro atoms. The van der Waals surface area contributed by atoms with Gasteiger partial charge in [0.1, 0.15) is 0 Å². The number of ether oxygens (including phenoxy) is 1. The first kappa shape index (κ1) is 23.1. The van der Waals surface area contributed by atoms with Crippen molar-refractivity contribution in [3.8, 4) is 0 Å². The zero-order valence-electron chi connectivity index (χ0n) is 20.0. The van der Waals surface area contributed by atoms with Crippen LogP contribution in [0.3, 0.4) is 0 Å². The van der Waals surface area contributed by atoms with Crippen LogP contribution in [0.1, 0.15) is 53.2 Å². The Kier molecular flexibility index (Phi) is 6.84. The predicted molar refractivity (Wildman–Crippen MR) is 130 cm³/mol. The lowest BCUT2D eigenvalue weighted by molar-refractivity contribution is -0.133. The normalized spacial score (nSPS) is 17.9. The molecule has 0 radical (unpaired) electrons. The number of amides is 2. The van der Waals surface area contributed by atoms with Crippen molar-refractivity contribution in [2.45, 2.75) is 31.7 Å². The third-order valence-electron chi connectivity index (χ3n) is 6.71. The van der Waals surface area contributed by atoms with Crippen molar-refractivity contribution in [2.75, 3.05) is 33.9 Å². The van der Waals surface area contributed by atoms with Crippen molar-refractivity contribution >= 4 is 22.7 Å². The number of benzene rings is 2. The topological polar surface area (TPSA) is 54.8 Å². The maximum Gasteiger partial charge on any atom is 0.254 e. The van der Waals surface area contributed by atoms with E-state index in [0.717, 1.165) is 34.9 Å². The van der Waals surface area contributed by atoms with Gasteiger partial charge < -0.3 is 19.1 Å². The summed E-state index contributed by atoms with van der Waals surface area (Å²) in [5, 5.41) is 1.06. The largest absolute Gasteiger partial charge is 0.383 e. The number of nitrogens with zero attached hydrogens (tertiary/aromatic N) is 3. The van der Waals surface area contributed by atoms with Gasteiger partial charge in [0.2, 0.25) is 5.91 Å². The van der Waals surface area contributed by atoms with E-state index in [1.165, 1.54) is 0 Å². The summed E-state index contributed by atoms with van der Waals surface area (Å²) in [5.74, 6) is -0.493. The number of aryl methyl sites for hydroxylation is 1. The Bertz CT molecular complexity index is 1150. The summed E-state index contributed by atoms with van der Waals surface area (Å²) in [6.45, 7) is 3.64. The molecule has 6 heteroatoms. The molecule has 4 rings (SSSR count). The smallest absolute Gasteiger partial charge is 0.254 e. The number of carbonyl (C=O) groups is 2. The zero-order valence-corrected chi connectivity index (χ0v) is 20.0. The lowest BCUT2D eigenvalue weighted by atomic mass is 9.78. The highest BCUT2D eigenvalue weighted by molar-refractivity contribution is 6.02. The number of methoxy groups -OCH3 is 1. The van der Waals surface area contributed by atoms with E-state index in [-0.39, 0.29) is 11.8 Å². The van der Waals surface area contributed by atoms with E-state index in [9.17, 15) is 9.59 Å². The number of likely N-dealkylation sites (N-methyl/N-ethyl adjacent to an activating group) is 1. The molecule has 6 nitrogen and oxygen atoms in total. The third kappa shape index (κ3) is 4.15. The average molecular weight is 448 g/mol. The fraction of sp³-hybridized carbons (Fsp3) is 0.407. The first-order valence-electron chi connectivity index (χ1n) is 11.7. The van der Waals surface area contributed by atoms with Gasteiger partial charge >= 0.3 is 0 Å². The highest BCUT2D eigenvalue weighted by atomic mass is 16.5. The molecule has 2 aromatic carbocycles. The lowest BCUT2D eigenvalue weighted by Gasteiger charge is -2.42. The monoisotopic (exact) mass is 447 g/mol. The van der Waals surface area contributed by atoms with Crippen LogP contribution in [-0.2, 0) is 16.6 Å². The predicted octanol–water partition coefficient (Wildman–Crippen LogP) is 4.36. The van der Waals surface area contributed by atoms with E-state index >= 15 is 0 Å². The summed E-state index contributed by atoms with van der Waals surface area (Å²) >= 11 is 0. The Morgan fingerprint density at radius 3 is 2.58 bits per heavy atom. The van der Waals surface area contributed by atoms with Crippen molar-refractivity contribution in [2.24, 2.45) is 7.05 Å². The Morgan fingerprint density at radius 1 is 1.09 bits per heavy atom. The molecular formula is C27H33N3O3. The van der Waals surface area contributed by atoms with Crippen LogP contribution < -0.4 is 0 Å². The lowest BCUT2D eigenvalue weighted by Crippen LogP contribution is -2.48. The van der Waals surface area contributed by atoms with Gasteiger partial charge in [0, 0.05) is 62.5 Å². The van der Waals surface area contributed by atoms with E-state index in [1.54, 1.807) is 7.11 Å². The fourth-order valence-corrected chi connectivity index (χ4v) is 4.99. The minimum atomic E-state index is -0.483. The van der Waals surface area contributed by atoms with E-state index in [2.05, 4.69) is 29.8 Å². The molecule has 33 heavy (non-hydrogen) atoms. The van der Waals surface area contributed by atoms with Gasteiger partial charge in [-0.15, -0.1) is 0 Å². The van der Waals surface area contributed by atoms with Gasteiger partial charge in [-0.25, -0.2) is 0 Å². The van der Waals surface area contributed by atoms with Gasteiger partial charge in [0.05, 0.1) is 18.6 Å². The molecule has 0 N–H and O–H groups in total. The Morgan fingerprint density at radius 2 is 1.82 bits per heavy atom. The van der Waals surface area contributed by atoms with Crippen LogP contribution in [0.5, 0.6) is 0 Å². The quantitative estimate of drug-likeness (QED) is 0.515. The van der Waals surface area contributed by atoms with Crippen LogP contribution in [0.2, 0.25) is 0 Å². The molecule has 2 atom stereocenters. The second kappa shape index (κ2) is 9.79. The van der Waals surface area contributed by atoms with Gasteiger partial charge in [-0.3, -0.25) is 9.59 Å². The molecule has 0 fully saturated rings.